The van der Waals surface area contributed by atoms with E-state index in [2.05, 4.69) is 5.32 Å². The number of aryl methyl sites for hydroxylation is 1. The molecule has 0 unspecified atom stereocenters. The molecule has 0 saturated carbocycles. The monoisotopic (exact) mass is 261 g/mol. The number of phenolic OH excluding ortho intramolecular Hbond substituents is 1. The van der Waals surface area contributed by atoms with E-state index in [0.29, 0.717) is 12.2 Å². The lowest BCUT2D eigenvalue weighted by molar-refractivity contribution is 0.0938. The summed E-state index contributed by atoms with van der Waals surface area (Å²) in [5.41, 5.74) is 6.84. The van der Waals surface area contributed by atoms with E-state index in [0.717, 1.165) is 10.9 Å². The summed E-state index contributed by atoms with van der Waals surface area (Å²) in [6.07, 6.45) is 0. The average Bonchev–Trinajstić information content (AvgIpc) is 2.62. The number of aromatic nitrogens is 1. The molecule has 2 aromatic rings. The molecule has 0 aliphatic heterocycles. The number of aromatic hydroxyl groups is 1. The fourth-order valence-electron chi connectivity index (χ4n) is 1.95. The predicted octanol–water partition coefficient (Wildman–Crippen LogP) is 1.35. The molecule has 19 heavy (non-hydrogen) atoms. The van der Waals surface area contributed by atoms with Gasteiger partial charge in [0, 0.05) is 30.0 Å². The number of hydrogen-bond acceptors (Lipinski definition) is 3. The van der Waals surface area contributed by atoms with Crippen molar-refractivity contribution in [1.82, 2.24) is 9.88 Å². The van der Waals surface area contributed by atoms with Gasteiger partial charge >= 0.3 is 0 Å². The predicted molar refractivity (Wildman–Crippen MR) is 75.2 cm³/mol. The first kappa shape index (κ1) is 13.4. The van der Waals surface area contributed by atoms with E-state index in [1.165, 1.54) is 0 Å². The lowest BCUT2D eigenvalue weighted by atomic mass is 10.1. The number of nitrogens with one attached hydrogen (secondary N) is 1. The summed E-state index contributed by atoms with van der Waals surface area (Å²) in [5.74, 6) is 0.0184. The van der Waals surface area contributed by atoms with Gasteiger partial charge in [0.25, 0.3) is 5.91 Å². The highest BCUT2D eigenvalue weighted by atomic mass is 16.3. The van der Waals surface area contributed by atoms with Crippen molar-refractivity contribution < 1.29 is 9.90 Å². The fraction of sp³-hybridized carbons (Fsp3) is 0.357. The Balaban J connectivity index is 2.30. The van der Waals surface area contributed by atoms with E-state index in [1.807, 2.05) is 20.9 Å². The molecular weight excluding hydrogens is 242 g/mol. The Labute approximate surface area is 112 Å². The van der Waals surface area contributed by atoms with Gasteiger partial charge in [0.1, 0.15) is 11.4 Å². The van der Waals surface area contributed by atoms with Crippen LogP contribution in [0.15, 0.2) is 24.3 Å². The average molecular weight is 261 g/mol. The van der Waals surface area contributed by atoms with Crippen molar-refractivity contribution in [2.24, 2.45) is 12.8 Å². The summed E-state index contributed by atoms with van der Waals surface area (Å²) < 4.78 is 1.80. The molecule has 0 saturated heterocycles. The van der Waals surface area contributed by atoms with Crippen molar-refractivity contribution in [3.63, 3.8) is 0 Å². The van der Waals surface area contributed by atoms with Crippen LogP contribution in [0.2, 0.25) is 0 Å². The van der Waals surface area contributed by atoms with Gasteiger partial charge < -0.3 is 20.7 Å². The number of rotatable bonds is 3. The molecule has 0 aliphatic rings. The van der Waals surface area contributed by atoms with E-state index < -0.39 is 5.54 Å². The molecule has 2 rings (SSSR count). The summed E-state index contributed by atoms with van der Waals surface area (Å²) in [5, 5.41) is 13.1. The van der Waals surface area contributed by atoms with Crippen LogP contribution in [-0.2, 0) is 7.05 Å². The van der Waals surface area contributed by atoms with Crippen molar-refractivity contribution in [3.8, 4) is 5.75 Å². The third kappa shape index (κ3) is 2.88. The Kier molecular flexibility index (Phi) is 3.24. The van der Waals surface area contributed by atoms with Crippen molar-refractivity contribution in [2.45, 2.75) is 19.4 Å². The minimum Gasteiger partial charge on any atom is -0.508 e. The molecule has 0 bridgehead atoms. The zero-order valence-electron chi connectivity index (χ0n) is 11.4. The Morgan fingerprint density at radius 3 is 2.74 bits per heavy atom. The third-order valence-corrected chi connectivity index (χ3v) is 2.96. The Morgan fingerprint density at radius 2 is 2.11 bits per heavy atom. The summed E-state index contributed by atoms with van der Waals surface area (Å²) in [6.45, 7) is 4.11. The number of amides is 1. The van der Waals surface area contributed by atoms with Crippen LogP contribution in [0.25, 0.3) is 10.9 Å². The highest BCUT2D eigenvalue weighted by Gasteiger charge is 2.16. The standard InChI is InChI=1S/C14H19N3O2/c1-14(2,15)8-16-13(19)12-7-9-6-10(18)4-5-11(9)17(12)3/h4-7,18H,8,15H2,1-3H3,(H,16,19). The van der Waals surface area contributed by atoms with Crippen molar-refractivity contribution in [2.75, 3.05) is 6.54 Å². The molecule has 1 aromatic heterocycles. The maximum Gasteiger partial charge on any atom is 0.267 e. The topological polar surface area (TPSA) is 80.3 Å². The SMILES string of the molecule is Cn1c(C(=O)NCC(C)(C)N)cc2cc(O)ccc21. The van der Waals surface area contributed by atoms with Crippen LogP contribution >= 0.6 is 0 Å². The maximum atomic E-state index is 12.1. The third-order valence-electron chi connectivity index (χ3n) is 2.96. The fourth-order valence-corrected chi connectivity index (χ4v) is 1.95. The van der Waals surface area contributed by atoms with E-state index in [4.69, 9.17) is 5.73 Å². The molecular formula is C14H19N3O2. The number of benzene rings is 1. The number of hydrogen-bond donors (Lipinski definition) is 3. The molecule has 5 nitrogen and oxygen atoms in total. The number of phenols is 1. The van der Waals surface area contributed by atoms with E-state index in [-0.39, 0.29) is 11.7 Å². The Morgan fingerprint density at radius 1 is 1.42 bits per heavy atom. The van der Waals surface area contributed by atoms with Crippen LogP contribution in [0.1, 0.15) is 24.3 Å². The summed E-state index contributed by atoms with van der Waals surface area (Å²) in [4.78, 5) is 12.1. The minimum absolute atomic E-state index is 0.170. The van der Waals surface area contributed by atoms with Crippen LogP contribution in [0.4, 0.5) is 0 Å². The number of carbonyl (C=O) groups is 1. The molecule has 0 fully saturated rings. The molecule has 102 valence electrons. The number of nitrogens with zero attached hydrogens (tertiary/aromatic N) is 1. The van der Waals surface area contributed by atoms with Crippen LogP contribution in [0.5, 0.6) is 5.75 Å². The Bertz CT molecular complexity index is 623. The number of nitrogens with two attached hydrogens (primary N) is 1. The van der Waals surface area contributed by atoms with Gasteiger partial charge in [0.05, 0.1) is 0 Å². The van der Waals surface area contributed by atoms with E-state index in [1.54, 1.807) is 28.8 Å². The van der Waals surface area contributed by atoms with Gasteiger partial charge in [-0.1, -0.05) is 0 Å². The lowest BCUT2D eigenvalue weighted by Gasteiger charge is -2.18. The molecule has 1 heterocycles. The van der Waals surface area contributed by atoms with Crippen LogP contribution < -0.4 is 11.1 Å². The number of fused-ring (bicyclic) bond motifs is 1. The van der Waals surface area contributed by atoms with Gasteiger partial charge in [0.2, 0.25) is 0 Å². The van der Waals surface area contributed by atoms with Crippen LogP contribution in [0.3, 0.4) is 0 Å². The van der Waals surface area contributed by atoms with Gasteiger partial charge in [-0.25, -0.2) is 0 Å². The summed E-state index contributed by atoms with van der Waals surface area (Å²) in [6, 6.07) is 6.79. The zero-order chi connectivity index (χ0) is 14.2. The van der Waals surface area contributed by atoms with Crippen molar-refractivity contribution in [3.05, 3.63) is 30.0 Å². The van der Waals surface area contributed by atoms with Crippen LogP contribution in [0, 0.1) is 0 Å². The first-order valence-electron chi connectivity index (χ1n) is 6.13. The second-order valence-corrected chi connectivity index (χ2v) is 5.50. The zero-order valence-corrected chi connectivity index (χ0v) is 11.4. The molecule has 1 amide bonds. The van der Waals surface area contributed by atoms with Gasteiger partial charge in [-0.2, -0.15) is 0 Å². The van der Waals surface area contributed by atoms with Crippen molar-refractivity contribution in [1.29, 1.82) is 0 Å². The minimum atomic E-state index is -0.446. The normalized spacial score (nSPS) is 11.8. The molecule has 0 radical (unpaired) electrons. The molecule has 0 spiro atoms. The maximum absolute atomic E-state index is 12.1. The van der Waals surface area contributed by atoms with E-state index in [9.17, 15) is 9.90 Å². The summed E-state index contributed by atoms with van der Waals surface area (Å²) >= 11 is 0. The highest BCUT2D eigenvalue weighted by Crippen LogP contribution is 2.23. The molecule has 5 heteroatoms. The quantitative estimate of drug-likeness (QED) is 0.780. The van der Waals surface area contributed by atoms with Gasteiger partial charge in [-0.05, 0) is 38.1 Å². The van der Waals surface area contributed by atoms with Crippen LogP contribution in [-0.4, -0.2) is 27.7 Å². The molecule has 0 aliphatic carbocycles. The van der Waals surface area contributed by atoms with Gasteiger partial charge in [-0.15, -0.1) is 0 Å². The van der Waals surface area contributed by atoms with Gasteiger partial charge in [-0.3, -0.25) is 4.79 Å². The first-order valence-corrected chi connectivity index (χ1v) is 6.13. The highest BCUT2D eigenvalue weighted by molar-refractivity contribution is 5.99. The smallest absolute Gasteiger partial charge is 0.267 e. The second-order valence-electron chi connectivity index (χ2n) is 5.50. The van der Waals surface area contributed by atoms with Crippen molar-refractivity contribution >= 4 is 16.8 Å². The lowest BCUT2D eigenvalue weighted by Crippen LogP contribution is -2.45. The molecule has 1 aromatic carbocycles. The van der Waals surface area contributed by atoms with Gasteiger partial charge in [0.15, 0.2) is 0 Å². The first-order chi connectivity index (χ1) is 8.78. The molecule has 4 N–H and O–H groups in total. The number of carbonyl (C=O) groups excluding carboxylic acids is 1. The second kappa shape index (κ2) is 4.59. The molecule has 0 atom stereocenters. The van der Waals surface area contributed by atoms with E-state index >= 15 is 0 Å². The Hall–Kier alpha value is -2.01. The largest absolute Gasteiger partial charge is 0.508 e. The summed E-state index contributed by atoms with van der Waals surface area (Å²) in [7, 11) is 1.82.